The summed E-state index contributed by atoms with van der Waals surface area (Å²) >= 11 is 1.60. The Balaban J connectivity index is 2.81. The molecule has 0 aliphatic rings. The SMILES string of the molecule is Cc1ccc(N(C)C(=N)N(C)C(=N)N)s1. The Labute approximate surface area is 93.1 Å². The van der Waals surface area contributed by atoms with Gasteiger partial charge in [-0.3, -0.25) is 15.7 Å². The minimum Gasteiger partial charge on any atom is -0.370 e. The number of rotatable bonds is 1. The van der Waals surface area contributed by atoms with E-state index >= 15 is 0 Å². The molecule has 0 bridgehead atoms. The Bertz CT molecular complexity index is 384. The lowest BCUT2D eigenvalue weighted by molar-refractivity contribution is 0.708. The third-order valence-corrected chi connectivity index (χ3v) is 3.13. The molecule has 0 unspecified atom stereocenters. The van der Waals surface area contributed by atoms with Crippen molar-refractivity contribution in [3.05, 3.63) is 17.0 Å². The number of guanidine groups is 2. The number of hydrogen-bond acceptors (Lipinski definition) is 3. The maximum atomic E-state index is 7.82. The van der Waals surface area contributed by atoms with Crippen molar-refractivity contribution >= 4 is 28.3 Å². The molecule has 0 aromatic carbocycles. The molecule has 6 heteroatoms. The van der Waals surface area contributed by atoms with E-state index in [0.717, 1.165) is 5.00 Å². The summed E-state index contributed by atoms with van der Waals surface area (Å²) in [5.74, 6) is 0.0458. The summed E-state index contributed by atoms with van der Waals surface area (Å²) in [6.45, 7) is 2.01. The Kier molecular flexibility index (Phi) is 3.31. The van der Waals surface area contributed by atoms with Crippen molar-refractivity contribution < 1.29 is 0 Å². The number of nitrogens with one attached hydrogen (secondary N) is 2. The maximum Gasteiger partial charge on any atom is 0.205 e. The molecular formula is C9H15N5S. The van der Waals surface area contributed by atoms with E-state index in [4.69, 9.17) is 16.6 Å². The Morgan fingerprint density at radius 1 is 1.33 bits per heavy atom. The molecule has 0 amide bonds. The van der Waals surface area contributed by atoms with Crippen LogP contribution < -0.4 is 10.6 Å². The van der Waals surface area contributed by atoms with E-state index in [2.05, 4.69) is 0 Å². The summed E-state index contributed by atoms with van der Waals surface area (Å²) in [5, 5.41) is 16.0. The quantitative estimate of drug-likeness (QED) is 0.497. The number of anilines is 1. The fourth-order valence-corrected chi connectivity index (χ4v) is 1.87. The smallest absolute Gasteiger partial charge is 0.205 e. The van der Waals surface area contributed by atoms with Crippen LogP contribution in [-0.2, 0) is 0 Å². The lowest BCUT2D eigenvalue weighted by atomic mass is 10.5. The molecule has 0 saturated heterocycles. The molecule has 0 aliphatic carbocycles. The average molecular weight is 225 g/mol. The lowest BCUT2D eigenvalue weighted by Gasteiger charge is -2.25. The largest absolute Gasteiger partial charge is 0.370 e. The van der Waals surface area contributed by atoms with Crippen LogP contribution in [0.4, 0.5) is 5.00 Å². The normalized spacial score (nSPS) is 9.80. The van der Waals surface area contributed by atoms with Gasteiger partial charge < -0.3 is 10.6 Å². The van der Waals surface area contributed by atoms with Crippen molar-refractivity contribution in [2.24, 2.45) is 5.73 Å². The molecule has 0 saturated carbocycles. The summed E-state index contributed by atoms with van der Waals surface area (Å²) < 4.78 is 0. The summed E-state index contributed by atoms with van der Waals surface area (Å²) in [6.07, 6.45) is 0. The van der Waals surface area contributed by atoms with Gasteiger partial charge in [-0.1, -0.05) is 0 Å². The van der Waals surface area contributed by atoms with E-state index in [9.17, 15) is 0 Å². The molecule has 1 rings (SSSR count). The number of thiophene rings is 1. The van der Waals surface area contributed by atoms with Gasteiger partial charge in [-0.15, -0.1) is 11.3 Å². The van der Waals surface area contributed by atoms with Gasteiger partial charge in [0.15, 0.2) is 5.96 Å². The van der Waals surface area contributed by atoms with Gasteiger partial charge in [0.2, 0.25) is 5.96 Å². The predicted octanol–water partition coefficient (Wildman–Crippen LogP) is 1.25. The lowest BCUT2D eigenvalue weighted by Crippen LogP contribution is -2.45. The van der Waals surface area contributed by atoms with E-state index in [0.29, 0.717) is 0 Å². The molecule has 0 spiro atoms. The summed E-state index contributed by atoms with van der Waals surface area (Å²) in [7, 11) is 3.38. The molecule has 4 N–H and O–H groups in total. The van der Waals surface area contributed by atoms with Crippen LogP contribution in [0.2, 0.25) is 0 Å². The Morgan fingerprint density at radius 3 is 2.33 bits per heavy atom. The van der Waals surface area contributed by atoms with Crippen molar-refractivity contribution in [2.45, 2.75) is 6.92 Å². The second-order valence-corrected chi connectivity index (χ2v) is 4.48. The topological polar surface area (TPSA) is 80.2 Å². The van der Waals surface area contributed by atoms with Crippen LogP contribution in [0.5, 0.6) is 0 Å². The van der Waals surface area contributed by atoms with Gasteiger partial charge in [-0.05, 0) is 19.1 Å². The van der Waals surface area contributed by atoms with E-state index < -0.39 is 0 Å². The monoisotopic (exact) mass is 225 g/mol. The fourth-order valence-electron chi connectivity index (χ4n) is 1.05. The first-order chi connectivity index (χ1) is 6.93. The molecule has 1 aromatic heterocycles. The predicted molar refractivity (Wildman–Crippen MR) is 64.9 cm³/mol. The van der Waals surface area contributed by atoms with Crippen molar-refractivity contribution in [1.29, 1.82) is 10.8 Å². The van der Waals surface area contributed by atoms with Crippen LogP contribution in [0.3, 0.4) is 0 Å². The van der Waals surface area contributed by atoms with Gasteiger partial charge in [-0.2, -0.15) is 0 Å². The standard InChI is InChI=1S/C9H15N5S/c1-6-4-5-7(15-6)13(2)9(12)14(3)8(10)11/h4-5,12H,1-3H3,(H3,10,11). The minimum absolute atomic E-state index is 0.139. The molecule has 1 aromatic rings. The third-order valence-electron chi connectivity index (χ3n) is 2.05. The zero-order chi connectivity index (χ0) is 11.6. The van der Waals surface area contributed by atoms with Gasteiger partial charge >= 0.3 is 0 Å². The van der Waals surface area contributed by atoms with Gasteiger partial charge in [0.25, 0.3) is 0 Å². The number of nitrogens with zero attached hydrogens (tertiary/aromatic N) is 2. The fraction of sp³-hybridized carbons (Fsp3) is 0.333. The maximum absolute atomic E-state index is 7.82. The highest BCUT2D eigenvalue weighted by molar-refractivity contribution is 7.16. The van der Waals surface area contributed by atoms with E-state index in [1.54, 1.807) is 30.3 Å². The molecule has 15 heavy (non-hydrogen) atoms. The van der Waals surface area contributed by atoms with Crippen molar-refractivity contribution in [1.82, 2.24) is 4.90 Å². The van der Waals surface area contributed by atoms with E-state index in [1.165, 1.54) is 9.78 Å². The summed E-state index contributed by atoms with van der Waals surface area (Å²) in [5.41, 5.74) is 5.30. The molecular weight excluding hydrogens is 210 g/mol. The van der Waals surface area contributed by atoms with E-state index in [-0.39, 0.29) is 11.9 Å². The van der Waals surface area contributed by atoms with Crippen molar-refractivity contribution in [3.63, 3.8) is 0 Å². The first-order valence-corrected chi connectivity index (χ1v) is 5.21. The Hall–Kier alpha value is -1.56. The second kappa shape index (κ2) is 4.31. The van der Waals surface area contributed by atoms with Crippen LogP contribution in [0.25, 0.3) is 0 Å². The van der Waals surface area contributed by atoms with Crippen LogP contribution in [0, 0.1) is 17.7 Å². The van der Waals surface area contributed by atoms with Crippen LogP contribution in [-0.4, -0.2) is 30.9 Å². The van der Waals surface area contributed by atoms with Crippen LogP contribution in [0.1, 0.15) is 4.88 Å². The summed E-state index contributed by atoms with van der Waals surface area (Å²) in [6, 6.07) is 3.94. The number of aryl methyl sites for hydroxylation is 1. The van der Waals surface area contributed by atoms with Gasteiger partial charge in [0.1, 0.15) is 0 Å². The highest BCUT2D eigenvalue weighted by atomic mass is 32.1. The zero-order valence-electron chi connectivity index (χ0n) is 9.03. The molecule has 0 aliphatic heterocycles. The van der Waals surface area contributed by atoms with Gasteiger partial charge in [0.05, 0.1) is 5.00 Å². The molecule has 82 valence electrons. The molecule has 0 radical (unpaired) electrons. The first-order valence-electron chi connectivity index (χ1n) is 4.40. The second-order valence-electron chi connectivity index (χ2n) is 3.21. The minimum atomic E-state index is -0.139. The average Bonchev–Trinajstić information content (AvgIpc) is 2.61. The molecule has 0 fully saturated rings. The Morgan fingerprint density at radius 2 is 1.93 bits per heavy atom. The number of hydrogen-bond donors (Lipinski definition) is 3. The van der Waals surface area contributed by atoms with E-state index in [1.807, 2.05) is 19.1 Å². The zero-order valence-corrected chi connectivity index (χ0v) is 9.85. The van der Waals surface area contributed by atoms with Gasteiger partial charge in [-0.25, -0.2) is 0 Å². The third kappa shape index (κ3) is 2.47. The number of nitrogens with two attached hydrogens (primary N) is 1. The molecule has 1 heterocycles. The molecule has 0 atom stereocenters. The van der Waals surface area contributed by atoms with Crippen LogP contribution in [0.15, 0.2) is 12.1 Å². The van der Waals surface area contributed by atoms with Gasteiger partial charge in [0, 0.05) is 19.0 Å². The highest BCUT2D eigenvalue weighted by Crippen LogP contribution is 2.24. The van der Waals surface area contributed by atoms with Crippen molar-refractivity contribution in [2.75, 3.05) is 19.0 Å². The summed E-state index contributed by atoms with van der Waals surface area (Å²) in [4.78, 5) is 4.20. The van der Waals surface area contributed by atoms with Crippen LogP contribution >= 0.6 is 11.3 Å². The molecule has 5 nitrogen and oxygen atoms in total. The first kappa shape index (κ1) is 11.5. The highest BCUT2D eigenvalue weighted by Gasteiger charge is 2.14. The van der Waals surface area contributed by atoms with Crippen molar-refractivity contribution in [3.8, 4) is 0 Å².